The standard InChI is InChI=1S/C12H10BrF2NO2/c1-6-2-10(17)16(11(18)3-6)12-8(14)4-7(13)5-9(12)15/h4-6H,2-3H2,1H3. The number of carbonyl (C=O) groups excluding carboxylic acids is 2. The zero-order valence-corrected chi connectivity index (χ0v) is 11.1. The number of piperidine rings is 1. The fraction of sp³-hybridized carbons (Fsp3) is 0.333. The molecule has 0 N–H and O–H groups in total. The lowest BCUT2D eigenvalue weighted by Gasteiger charge is -2.28. The van der Waals surface area contributed by atoms with Crippen LogP contribution in [-0.2, 0) is 9.59 Å². The summed E-state index contributed by atoms with van der Waals surface area (Å²) in [6, 6.07) is 2.05. The van der Waals surface area contributed by atoms with E-state index in [1.165, 1.54) is 0 Å². The fourth-order valence-corrected chi connectivity index (χ4v) is 2.39. The van der Waals surface area contributed by atoms with Gasteiger partial charge in [0, 0.05) is 17.3 Å². The Balaban J connectivity index is 2.48. The van der Waals surface area contributed by atoms with Crippen molar-refractivity contribution in [3.05, 3.63) is 28.2 Å². The second kappa shape index (κ2) is 4.76. The fourth-order valence-electron chi connectivity index (χ4n) is 1.99. The molecule has 1 aromatic rings. The minimum absolute atomic E-state index is 0.0946. The Morgan fingerprint density at radius 1 is 1.17 bits per heavy atom. The number of rotatable bonds is 1. The van der Waals surface area contributed by atoms with Crippen molar-refractivity contribution in [2.75, 3.05) is 4.90 Å². The summed E-state index contributed by atoms with van der Waals surface area (Å²) in [5.74, 6) is -3.10. The molecular formula is C12H10BrF2NO2. The predicted octanol–water partition coefficient (Wildman–Crippen LogP) is 3.02. The first-order valence-electron chi connectivity index (χ1n) is 5.40. The van der Waals surface area contributed by atoms with Crippen LogP contribution in [-0.4, -0.2) is 11.8 Å². The minimum Gasteiger partial charge on any atom is -0.274 e. The lowest BCUT2D eigenvalue weighted by molar-refractivity contribution is -0.130. The maximum Gasteiger partial charge on any atom is 0.234 e. The molecule has 1 fully saturated rings. The quantitative estimate of drug-likeness (QED) is 0.747. The van der Waals surface area contributed by atoms with Gasteiger partial charge in [-0.15, -0.1) is 0 Å². The average Bonchev–Trinajstić information content (AvgIpc) is 2.20. The van der Waals surface area contributed by atoms with Gasteiger partial charge in [-0.3, -0.25) is 9.59 Å². The van der Waals surface area contributed by atoms with E-state index in [1.54, 1.807) is 6.92 Å². The Hall–Kier alpha value is -1.30. The predicted molar refractivity (Wildman–Crippen MR) is 64.9 cm³/mol. The molecule has 1 aromatic carbocycles. The molecule has 0 aromatic heterocycles. The van der Waals surface area contributed by atoms with Crippen LogP contribution < -0.4 is 4.90 Å². The monoisotopic (exact) mass is 317 g/mol. The van der Waals surface area contributed by atoms with Crippen LogP contribution in [0.1, 0.15) is 19.8 Å². The van der Waals surface area contributed by atoms with Gasteiger partial charge in [0.2, 0.25) is 11.8 Å². The third-order valence-electron chi connectivity index (χ3n) is 2.75. The number of hydrogen-bond acceptors (Lipinski definition) is 2. The number of benzene rings is 1. The maximum absolute atomic E-state index is 13.7. The summed E-state index contributed by atoms with van der Waals surface area (Å²) < 4.78 is 27.7. The van der Waals surface area contributed by atoms with Gasteiger partial charge < -0.3 is 0 Å². The first-order valence-corrected chi connectivity index (χ1v) is 6.19. The molecular weight excluding hydrogens is 308 g/mol. The number of halogens is 3. The Morgan fingerprint density at radius 3 is 2.06 bits per heavy atom. The van der Waals surface area contributed by atoms with Gasteiger partial charge in [-0.1, -0.05) is 22.9 Å². The summed E-state index contributed by atoms with van der Waals surface area (Å²) >= 11 is 2.94. The van der Waals surface area contributed by atoms with Crippen LogP contribution in [0.3, 0.4) is 0 Å². The SMILES string of the molecule is CC1CC(=O)N(c2c(F)cc(Br)cc2F)C(=O)C1. The highest BCUT2D eigenvalue weighted by Crippen LogP contribution is 2.31. The van der Waals surface area contributed by atoms with Crippen LogP contribution in [0.25, 0.3) is 0 Å². The van der Waals surface area contributed by atoms with Crippen LogP contribution >= 0.6 is 15.9 Å². The Labute approximate surface area is 111 Å². The van der Waals surface area contributed by atoms with Gasteiger partial charge in [0.05, 0.1) is 0 Å². The molecule has 0 bridgehead atoms. The molecule has 1 aliphatic heterocycles. The minimum atomic E-state index is -0.932. The van der Waals surface area contributed by atoms with Gasteiger partial charge in [-0.05, 0) is 18.1 Å². The summed E-state index contributed by atoms with van der Waals surface area (Å²) in [5, 5.41) is 0. The normalized spacial score (nSPS) is 17.4. The first kappa shape index (κ1) is 13.1. The van der Waals surface area contributed by atoms with Crippen LogP contribution in [0.15, 0.2) is 16.6 Å². The topological polar surface area (TPSA) is 37.4 Å². The molecule has 1 aliphatic rings. The zero-order valence-electron chi connectivity index (χ0n) is 9.54. The van der Waals surface area contributed by atoms with Crippen LogP contribution in [0.5, 0.6) is 0 Å². The molecule has 0 aliphatic carbocycles. The van der Waals surface area contributed by atoms with Gasteiger partial charge in [0.15, 0.2) is 11.6 Å². The van der Waals surface area contributed by atoms with E-state index in [-0.39, 0.29) is 23.2 Å². The third kappa shape index (κ3) is 2.29. The summed E-state index contributed by atoms with van der Waals surface area (Å²) in [4.78, 5) is 24.1. The summed E-state index contributed by atoms with van der Waals surface area (Å²) in [7, 11) is 0. The molecule has 0 radical (unpaired) electrons. The molecule has 1 saturated heterocycles. The van der Waals surface area contributed by atoms with Crippen LogP contribution in [0, 0.1) is 17.6 Å². The summed E-state index contributed by atoms with van der Waals surface area (Å²) in [5.41, 5.74) is -0.583. The van der Waals surface area contributed by atoms with Gasteiger partial charge in [-0.25, -0.2) is 13.7 Å². The van der Waals surface area contributed by atoms with Crippen molar-refractivity contribution in [2.45, 2.75) is 19.8 Å². The Bertz CT molecular complexity index is 492. The number of amides is 2. The Morgan fingerprint density at radius 2 is 1.61 bits per heavy atom. The molecule has 1 heterocycles. The van der Waals surface area contributed by atoms with E-state index in [0.717, 1.165) is 12.1 Å². The van der Waals surface area contributed by atoms with E-state index >= 15 is 0 Å². The van der Waals surface area contributed by atoms with Crippen LogP contribution in [0.4, 0.5) is 14.5 Å². The number of anilines is 1. The van der Waals surface area contributed by atoms with Crippen molar-refractivity contribution in [2.24, 2.45) is 5.92 Å². The third-order valence-corrected chi connectivity index (χ3v) is 3.21. The number of nitrogens with zero attached hydrogens (tertiary/aromatic N) is 1. The van der Waals surface area contributed by atoms with Crippen molar-refractivity contribution in [1.29, 1.82) is 0 Å². The van der Waals surface area contributed by atoms with E-state index in [4.69, 9.17) is 0 Å². The van der Waals surface area contributed by atoms with E-state index in [2.05, 4.69) is 15.9 Å². The largest absolute Gasteiger partial charge is 0.274 e. The molecule has 0 unspecified atom stereocenters. The molecule has 0 atom stereocenters. The van der Waals surface area contributed by atoms with Gasteiger partial charge in [-0.2, -0.15) is 0 Å². The van der Waals surface area contributed by atoms with Crippen molar-refractivity contribution >= 4 is 33.4 Å². The smallest absolute Gasteiger partial charge is 0.234 e. The molecule has 2 rings (SSSR count). The number of imide groups is 1. The van der Waals surface area contributed by atoms with Gasteiger partial charge in [0.1, 0.15) is 5.69 Å². The molecule has 6 heteroatoms. The number of hydrogen-bond donors (Lipinski definition) is 0. The second-order valence-corrected chi connectivity index (χ2v) is 5.27. The maximum atomic E-state index is 13.7. The first-order chi connectivity index (χ1) is 8.40. The average molecular weight is 318 g/mol. The molecule has 18 heavy (non-hydrogen) atoms. The zero-order chi connectivity index (χ0) is 13.4. The molecule has 0 spiro atoms. The van der Waals surface area contributed by atoms with E-state index < -0.39 is 29.1 Å². The Kier molecular flexibility index (Phi) is 3.47. The lowest BCUT2D eigenvalue weighted by Crippen LogP contribution is -2.43. The van der Waals surface area contributed by atoms with Gasteiger partial charge >= 0.3 is 0 Å². The highest BCUT2D eigenvalue weighted by atomic mass is 79.9. The molecule has 96 valence electrons. The van der Waals surface area contributed by atoms with E-state index in [9.17, 15) is 18.4 Å². The summed E-state index contributed by atoms with van der Waals surface area (Å²) in [6.45, 7) is 1.75. The van der Waals surface area contributed by atoms with E-state index in [0.29, 0.717) is 4.90 Å². The van der Waals surface area contributed by atoms with Crippen molar-refractivity contribution in [3.8, 4) is 0 Å². The second-order valence-electron chi connectivity index (χ2n) is 4.35. The molecule has 2 amide bonds. The van der Waals surface area contributed by atoms with Crippen molar-refractivity contribution in [3.63, 3.8) is 0 Å². The van der Waals surface area contributed by atoms with Crippen molar-refractivity contribution in [1.82, 2.24) is 0 Å². The van der Waals surface area contributed by atoms with Crippen LogP contribution in [0.2, 0.25) is 0 Å². The van der Waals surface area contributed by atoms with Gasteiger partial charge in [0.25, 0.3) is 0 Å². The van der Waals surface area contributed by atoms with E-state index in [1.807, 2.05) is 0 Å². The highest BCUT2D eigenvalue weighted by molar-refractivity contribution is 9.10. The molecule has 0 saturated carbocycles. The lowest BCUT2D eigenvalue weighted by atomic mass is 9.97. The highest BCUT2D eigenvalue weighted by Gasteiger charge is 2.34. The van der Waals surface area contributed by atoms with Crippen molar-refractivity contribution < 1.29 is 18.4 Å². The summed E-state index contributed by atoms with van der Waals surface area (Å²) in [6.07, 6.45) is 0.224. The number of carbonyl (C=O) groups is 2. The molecule has 3 nitrogen and oxygen atoms in total.